The molecular weight excluding hydrogens is 302 g/mol. The fraction of sp³-hybridized carbons (Fsp3) is 0.579. The largest absolute Gasteiger partial charge is 0.387 e. The van der Waals surface area contributed by atoms with E-state index in [1.165, 1.54) is 0 Å². The summed E-state index contributed by atoms with van der Waals surface area (Å²) in [5.74, 6) is 0.389. The molecule has 2 rings (SSSR count). The Kier molecular flexibility index (Phi) is 6.77. The Balaban J connectivity index is 1.84. The van der Waals surface area contributed by atoms with Gasteiger partial charge in [0.2, 0.25) is 5.91 Å². The number of aliphatic hydroxyl groups excluding tert-OH is 1. The molecule has 1 N–H and O–H groups in total. The molecule has 130 valence electrons. The molecule has 0 bridgehead atoms. The molecule has 5 nitrogen and oxygen atoms in total. The second-order valence-electron chi connectivity index (χ2n) is 6.34. The minimum Gasteiger partial charge on any atom is -0.387 e. The van der Waals surface area contributed by atoms with E-state index in [1.54, 1.807) is 24.3 Å². The molecule has 1 aromatic carbocycles. The number of carbonyl (C=O) groups excluding carboxylic acids is 1. The van der Waals surface area contributed by atoms with Crippen molar-refractivity contribution in [1.29, 1.82) is 5.26 Å². The van der Waals surface area contributed by atoms with Gasteiger partial charge in [-0.25, -0.2) is 0 Å². The van der Waals surface area contributed by atoms with Gasteiger partial charge in [-0.3, -0.25) is 4.79 Å². The summed E-state index contributed by atoms with van der Waals surface area (Å²) in [7, 11) is 0. The van der Waals surface area contributed by atoms with E-state index in [2.05, 4.69) is 11.0 Å². The van der Waals surface area contributed by atoms with Gasteiger partial charge in [-0.2, -0.15) is 5.26 Å². The number of piperidine rings is 1. The minimum absolute atomic E-state index is 0.119. The zero-order chi connectivity index (χ0) is 17.5. The number of likely N-dealkylation sites (tertiary alicyclic amines) is 1. The molecular formula is C19H27N3O2. The molecule has 1 amide bonds. The number of amides is 1. The first kappa shape index (κ1) is 18.4. The van der Waals surface area contributed by atoms with Crippen LogP contribution < -0.4 is 0 Å². The molecule has 1 fully saturated rings. The van der Waals surface area contributed by atoms with Gasteiger partial charge in [-0.15, -0.1) is 0 Å². The maximum absolute atomic E-state index is 12.4. The van der Waals surface area contributed by atoms with Crippen LogP contribution in [0.2, 0.25) is 0 Å². The van der Waals surface area contributed by atoms with E-state index in [0.29, 0.717) is 12.1 Å². The summed E-state index contributed by atoms with van der Waals surface area (Å²) in [4.78, 5) is 16.5. The van der Waals surface area contributed by atoms with Crippen LogP contribution >= 0.6 is 0 Å². The predicted molar refractivity (Wildman–Crippen MR) is 93.2 cm³/mol. The van der Waals surface area contributed by atoms with Gasteiger partial charge in [-0.05, 0) is 57.5 Å². The lowest BCUT2D eigenvalue weighted by Crippen LogP contribution is -2.43. The van der Waals surface area contributed by atoms with Crippen molar-refractivity contribution in [3.8, 4) is 6.07 Å². The molecule has 0 aliphatic carbocycles. The molecule has 24 heavy (non-hydrogen) atoms. The van der Waals surface area contributed by atoms with Crippen molar-refractivity contribution in [1.82, 2.24) is 9.80 Å². The highest BCUT2D eigenvalue weighted by Gasteiger charge is 2.28. The Bertz CT molecular complexity index is 567. The van der Waals surface area contributed by atoms with Crippen molar-refractivity contribution in [2.24, 2.45) is 5.92 Å². The van der Waals surface area contributed by atoms with Gasteiger partial charge in [0.25, 0.3) is 0 Å². The number of hydrogen-bond donors (Lipinski definition) is 1. The zero-order valence-corrected chi connectivity index (χ0v) is 14.6. The molecule has 1 aromatic rings. The van der Waals surface area contributed by atoms with Crippen molar-refractivity contribution in [2.75, 3.05) is 32.7 Å². The third-order valence-corrected chi connectivity index (χ3v) is 4.87. The van der Waals surface area contributed by atoms with E-state index in [-0.39, 0.29) is 11.8 Å². The molecule has 1 atom stereocenters. The van der Waals surface area contributed by atoms with E-state index in [1.807, 2.05) is 18.7 Å². The fourth-order valence-corrected chi connectivity index (χ4v) is 3.29. The maximum Gasteiger partial charge on any atom is 0.225 e. The van der Waals surface area contributed by atoms with Crippen molar-refractivity contribution in [3.05, 3.63) is 35.4 Å². The number of benzene rings is 1. The number of aliphatic hydroxyl groups is 1. The van der Waals surface area contributed by atoms with Crippen molar-refractivity contribution < 1.29 is 9.90 Å². The van der Waals surface area contributed by atoms with Gasteiger partial charge in [0.05, 0.1) is 17.7 Å². The minimum atomic E-state index is -0.562. The molecule has 1 unspecified atom stereocenters. The predicted octanol–water partition coefficient (Wildman–Crippen LogP) is 2.17. The van der Waals surface area contributed by atoms with Crippen molar-refractivity contribution >= 4 is 5.91 Å². The first-order valence-corrected chi connectivity index (χ1v) is 8.78. The quantitative estimate of drug-likeness (QED) is 0.868. The van der Waals surface area contributed by atoms with E-state index >= 15 is 0 Å². The van der Waals surface area contributed by atoms with E-state index in [9.17, 15) is 9.90 Å². The van der Waals surface area contributed by atoms with Gasteiger partial charge >= 0.3 is 0 Å². The molecule has 0 radical (unpaired) electrons. The highest BCUT2D eigenvalue weighted by atomic mass is 16.3. The lowest BCUT2D eigenvalue weighted by atomic mass is 9.94. The average Bonchev–Trinajstić information content (AvgIpc) is 2.63. The smallest absolute Gasteiger partial charge is 0.225 e. The number of carbonyl (C=O) groups is 1. The third kappa shape index (κ3) is 4.56. The van der Waals surface area contributed by atoms with Crippen LogP contribution in [0.3, 0.4) is 0 Å². The SMILES string of the molecule is CCN(CC)C(=O)C1CCN(CC(O)c2ccc(C#N)cc2)CC1. The summed E-state index contributed by atoms with van der Waals surface area (Å²) >= 11 is 0. The lowest BCUT2D eigenvalue weighted by molar-refractivity contribution is -0.136. The average molecular weight is 329 g/mol. The number of β-amino-alcohol motifs (C(OH)–C–C–N with tert-alkyl or cyclic N) is 1. The topological polar surface area (TPSA) is 67.6 Å². The molecule has 5 heteroatoms. The summed E-state index contributed by atoms with van der Waals surface area (Å²) in [5, 5.41) is 19.2. The first-order chi connectivity index (χ1) is 11.6. The van der Waals surface area contributed by atoms with Gasteiger partial charge in [0.1, 0.15) is 0 Å². The van der Waals surface area contributed by atoms with Crippen LogP contribution in [0.1, 0.15) is 43.9 Å². The van der Waals surface area contributed by atoms with Gasteiger partial charge in [0.15, 0.2) is 0 Å². The molecule has 0 spiro atoms. The van der Waals surface area contributed by atoms with Gasteiger partial charge in [0, 0.05) is 25.6 Å². The summed E-state index contributed by atoms with van der Waals surface area (Å²) in [6, 6.07) is 9.15. The monoisotopic (exact) mass is 329 g/mol. The van der Waals surface area contributed by atoms with Crippen LogP contribution in [0.5, 0.6) is 0 Å². The van der Waals surface area contributed by atoms with E-state index < -0.39 is 6.10 Å². The molecule has 1 saturated heterocycles. The Morgan fingerprint density at radius 1 is 1.29 bits per heavy atom. The maximum atomic E-state index is 12.4. The fourth-order valence-electron chi connectivity index (χ4n) is 3.29. The molecule has 1 heterocycles. The molecule has 1 aliphatic heterocycles. The van der Waals surface area contributed by atoms with Crippen LogP contribution in [0.25, 0.3) is 0 Å². The first-order valence-electron chi connectivity index (χ1n) is 8.78. The van der Waals surface area contributed by atoms with Crippen LogP contribution in [-0.4, -0.2) is 53.5 Å². The lowest BCUT2D eigenvalue weighted by Gasteiger charge is -2.34. The highest BCUT2D eigenvalue weighted by Crippen LogP contribution is 2.22. The number of nitrogens with zero attached hydrogens (tertiary/aromatic N) is 3. The van der Waals surface area contributed by atoms with E-state index in [0.717, 1.165) is 44.6 Å². The van der Waals surface area contributed by atoms with Gasteiger partial charge < -0.3 is 14.9 Å². The second kappa shape index (κ2) is 8.81. The third-order valence-electron chi connectivity index (χ3n) is 4.87. The van der Waals surface area contributed by atoms with Gasteiger partial charge in [-0.1, -0.05) is 12.1 Å². The van der Waals surface area contributed by atoms with Crippen LogP contribution in [-0.2, 0) is 4.79 Å². The molecule has 1 aliphatic rings. The Labute approximate surface area is 144 Å². The summed E-state index contributed by atoms with van der Waals surface area (Å²) in [6.45, 7) is 7.82. The van der Waals surface area contributed by atoms with Crippen LogP contribution in [0, 0.1) is 17.2 Å². The number of rotatable bonds is 6. The summed E-state index contributed by atoms with van der Waals surface area (Å²) in [5.41, 5.74) is 1.43. The molecule has 0 saturated carbocycles. The Morgan fingerprint density at radius 2 is 1.88 bits per heavy atom. The van der Waals surface area contributed by atoms with Crippen molar-refractivity contribution in [2.45, 2.75) is 32.8 Å². The normalized spacial score (nSPS) is 17.2. The summed E-state index contributed by atoms with van der Waals surface area (Å²) in [6.07, 6.45) is 1.15. The zero-order valence-electron chi connectivity index (χ0n) is 14.6. The van der Waals surface area contributed by atoms with Crippen molar-refractivity contribution in [3.63, 3.8) is 0 Å². The standard InChI is InChI=1S/C19H27N3O2/c1-3-22(4-2)19(24)17-9-11-21(12-10-17)14-18(23)16-7-5-15(13-20)6-8-16/h5-8,17-18,23H,3-4,9-12,14H2,1-2H3. The van der Waals surface area contributed by atoms with E-state index in [4.69, 9.17) is 5.26 Å². The number of nitriles is 1. The summed E-state index contributed by atoms with van der Waals surface area (Å²) < 4.78 is 0. The second-order valence-corrected chi connectivity index (χ2v) is 6.34. The van der Waals surface area contributed by atoms with Crippen LogP contribution in [0.15, 0.2) is 24.3 Å². The van der Waals surface area contributed by atoms with Crippen LogP contribution in [0.4, 0.5) is 0 Å². The number of hydrogen-bond acceptors (Lipinski definition) is 4. The molecule has 0 aromatic heterocycles. The highest BCUT2D eigenvalue weighted by molar-refractivity contribution is 5.78. The Hall–Kier alpha value is -1.90. The Morgan fingerprint density at radius 3 is 2.38 bits per heavy atom.